The number of esters is 1. The van der Waals surface area contributed by atoms with Crippen LogP contribution in [-0.4, -0.2) is 31.7 Å². The summed E-state index contributed by atoms with van der Waals surface area (Å²) in [6, 6.07) is 0. The van der Waals surface area contributed by atoms with Crippen LogP contribution in [0.4, 0.5) is 0 Å². The molecule has 1 aliphatic rings. The molecule has 0 aromatic carbocycles. The maximum atomic E-state index is 12.1. The van der Waals surface area contributed by atoms with Crippen molar-refractivity contribution in [2.24, 2.45) is 16.4 Å². The summed E-state index contributed by atoms with van der Waals surface area (Å²) in [5.41, 5.74) is 7.95. The van der Waals surface area contributed by atoms with Crippen LogP contribution in [0.15, 0.2) is 5.11 Å². The molecule has 20 heavy (non-hydrogen) atoms. The molecule has 0 radical (unpaired) electrons. The van der Waals surface area contributed by atoms with E-state index in [1.807, 2.05) is 0 Å². The number of azide groups is 1. The van der Waals surface area contributed by atoms with Crippen LogP contribution < -0.4 is 5.32 Å². The van der Waals surface area contributed by atoms with Crippen molar-refractivity contribution < 1.29 is 9.53 Å². The average molecular weight is 282 g/mol. The Morgan fingerprint density at radius 1 is 1.45 bits per heavy atom. The van der Waals surface area contributed by atoms with Gasteiger partial charge in [0.25, 0.3) is 0 Å². The van der Waals surface area contributed by atoms with Crippen LogP contribution in [-0.2, 0) is 9.53 Å². The van der Waals surface area contributed by atoms with Crippen LogP contribution in [0, 0.1) is 11.3 Å². The SMILES string of the molecule is COC(=O)C1(NCCN=[N+]=[N-])CCC(C(C)(C)C)CC1. The lowest BCUT2D eigenvalue weighted by molar-refractivity contribution is -0.151. The van der Waals surface area contributed by atoms with Crippen LogP contribution >= 0.6 is 0 Å². The molecule has 0 saturated heterocycles. The molecule has 1 aliphatic carbocycles. The number of nitrogens with one attached hydrogen (secondary N) is 1. The summed E-state index contributed by atoms with van der Waals surface area (Å²) in [5, 5.41) is 6.75. The van der Waals surface area contributed by atoms with Gasteiger partial charge >= 0.3 is 5.97 Å². The first kappa shape index (κ1) is 16.8. The Balaban J connectivity index is 2.68. The Labute approximate surface area is 120 Å². The van der Waals surface area contributed by atoms with Gasteiger partial charge in [-0.05, 0) is 42.5 Å². The van der Waals surface area contributed by atoms with Crippen molar-refractivity contribution in [3.63, 3.8) is 0 Å². The number of methoxy groups -OCH3 is 1. The quantitative estimate of drug-likeness (QED) is 0.276. The van der Waals surface area contributed by atoms with Gasteiger partial charge in [-0.2, -0.15) is 0 Å². The third kappa shape index (κ3) is 4.12. The smallest absolute Gasteiger partial charge is 0.326 e. The monoisotopic (exact) mass is 282 g/mol. The molecule has 0 aliphatic heterocycles. The summed E-state index contributed by atoms with van der Waals surface area (Å²) in [6.07, 6.45) is 3.57. The summed E-state index contributed by atoms with van der Waals surface area (Å²) in [4.78, 5) is 14.8. The van der Waals surface area contributed by atoms with Gasteiger partial charge in [0.15, 0.2) is 0 Å². The molecule has 0 heterocycles. The van der Waals surface area contributed by atoms with E-state index < -0.39 is 5.54 Å². The molecular formula is C14H26N4O2. The average Bonchev–Trinajstić information content (AvgIpc) is 2.42. The molecule has 0 spiro atoms. The summed E-state index contributed by atoms with van der Waals surface area (Å²) >= 11 is 0. The summed E-state index contributed by atoms with van der Waals surface area (Å²) in [5.74, 6) is 0.421. The lowest BCUT2D eigenvalue weighted by Crippen LogP contribution is -2.56. The molecule has 1 rings (SSSR count). The Hall–Kier alpha value is -1.26. The summed E-state index contributed by atoms with van der Waals surface area (Å²) in [6.45, 7) is 7.59. The number of carbonyl (C=O) groups is 1. The molecule has 0 aromatic heterocycles. The molecule has 1 fully saturated rings. The largest absolute Gasteiger partial charge is 0.468 e. The Bertz CT molecular complexity index is 375. The zero-order chi connectivity index (χ0) is 15.2. The number of ether oxygens (including phenoxy) is 1. The fourth-order valence-electron chi connectivity index (χ4n) is 3.01. The van der Waals surface area contributed by atoms with Crippen molar-refractivity contribution in [3.05, 3.63) is 10.4 Å². The van der Waals surface area contributed by atoms with E-state index in [1.54, 1.807) is 0 Å². The van der Waals surface area contributed by atoms with Gasteiger partial charge in [0.2, 0.25) is 0 Å². The first-order valence-electron chi connectivity index (χ1n) is 7.20. The van der Waals surface area contributed by atoms with Crippen molar-refractivity contribution in [2.45, 2.75) is 52.0 Å². The Morgan fingerprint density at radius 2 is 2.05 bits per heavy atom. The molecule has 0 unspecified atom stereocenters. The van der Waals surface area contributed by atoms with Gasteiger partial charge in [-0.1, -0.05) is 25.9 Å². The third-order valence-electron chi connectivity index (χ3n) is 4.38. The minimum atomic E-state index is -0.610. The molecule has 6 heteroatoms. The molecule has 114 valence electrons. The lowest BCUT2D eigenvalue weighted by Gasteiger charge is -2.42. The van der Waals surface area contributed by atoms with Gasteiger partial charge in [0, 0.05) is 18.0 Å². The van der Waals surface area contributed by atoms with Gasteiger partial charge in [0.1, 0.15) is 5.54 Å². The zero-order valence-corrected chi connectivity index (χ0v) is 13.0. The second-order valence-electron chi connectivity index (χ2n) is 6.60. The molecule has 1 N–H and O–H groups in total. The number of hydrogen-bond acceptors (Lipinski definition) is 4. The fraction of sp³-hybridized carbons (Fsp3) is 0.929. The number of hydrogen-bond donors (Lipinski definition) is 1. The zero-order valence-electron chi connectivity index (χ0n) is 13.0. The first-order chi connectivity index (χ1) is 9.35. The molecule has 0 aromatic rings. The minimum Gasteiger partial charge on any atom is -0.468 e. The summed E-state index contributed by atoms with van der Waals surface area (Å²) < 4.78 is 4.97. The van der Waals surface area contributed by atoms with E-state index in [4.69, 9.17) is 10.3 Å². The molecule has 1 saturated carbocycles. The van der Waals surface area contributed by atoms with Crippen LogP contribution in [0.5, 0.6) is 0 Å². The second kappa shape index (κ2) is 6.95. The molecule has 0 bridgehead atoms. The molecule has 6 nitrogen and oxygen atoms in total. The van der Waals surface area contributed by atoms with Crippen molar-refractivity contribution in [1.82, 2.24) is 5.32 Å². The predicted octanol–water partition coefficient (Wildman–Crippen LogP) is 3.03. The van der Waals surface area contributed by atoms with Gasteiger partial charge in [0.05, 0.1) is 7.11 Å². The predicted molar refractivity (Wildman–Crippen MR) is 78.2 cm³/mol. The third-order valence-corrected chi connectivity index (χ3v) is 4.38. The highest BCUT2D eigenvalue weighted by atomic mass is 16.5. The van der Waals surface area contributed by atoms with Crippen LogP contribution in [0.3, 0.4) is 0 Å². The normalized spacial score (nSPS) is 26.7. The maximum Gasteiger partial charge on any atom is 0.326 e. The standard InChI is InChI=1S/C14H26N4O2/c1-13(2,3)11-5-7-14(8-6-11,12(19)20-4)16-9-10-17-18-15/h11,16H,5-10H2,1-4H3. The summed E-state index contributed by atoms with van der Waals surface area (Å²) in [7, 11) is 1.43. The minimum absolute atomic E-state index is 0.203. The van der Waals surface area contributed by atoms with E-state index in [2.05, 4.69) is 36.1 Å². The van der Waals surface area contributed by atoms with E-state index in [1.165, 1.54) is 7.11 Å². The van der Waals surface area contributed by atoms with Gasteiger partial charge in [-0.15, -0.1) is 0 Å². The van der Waals surface area contributed by atoms with E-state index in [0.29, 0.717) is 19.0 Å². The van der Waals surface area contributed by atoms with Crippen molar-refractivity contribution in [1.29, 1.82) is 0 Å². The Kier molecular flexibility index (Phi) is 5.84. The van der Waals surface area contributed by atoms with Gasteiger partial charge < -0.3 is 10.1 Å². The highest BCUT2D eigenvalue weighted by Crippen LogP contribution is 2.41. The number of carbonyl (C=O) groups excluding carboxylic acids is 1. The van der Waals surface area contributed by atoms with Gasteiger partial charge in [-0.25, -0.2) is 0 Å². The van der Waals surface area contributed by atoms with Crippen molar-refractivity contribution >= 4 is 5.97 Å². The van der Waals surface area contributed by atoms with E-state index >= 15 is 0 Å². The van der Waals surface area contributed by atoms with E-state index in [-0.39, 0.29) is 11.4 Å². The first-order valence-corrected chi connectivity index (χ1v) is 7.20. The van der Waals surface area contributed by atoms with Crippen molar-refractivity contribution in [2.75, 3.05) is 20.2 Å². The second-order valence-corrected chi connectivity index (χ2v) is 6.60. The highest BCUT2D eigenvalue weighted by Gasteiger charge is 2.44. The van der Waals surface area contributed by atoms with Crippen LogP contribution in [0.1, 0.15) is 46.5 Å². The van der Waals surface area contributed by atoms with Crippen molar-refractivity contribution in [3.8, 4) is 0 Å². The number of rotatable bonds is 5. The molecule has 0 atom stereocenters. The topological polar surface area (TPSA) is 87.1 Å². The maximum absolute atomic E-state index is 12.1. The Morgan fingerprint density at radius 3 is 2.50 bits per heavy atom. The molecular weight excluding hydrogens is 256 g/mol. The highest BCUT2D eigenvalue weighted by molar-refractivity contribution is 5.80. The van der Waals surface area contributed by atoms with E-state index in [9.17, 15) is 4.79 Å². The lowest BCUT2D eigenvalue weighted by atomic mass is 9.67. The van der Waals surface area contributed by atoms with Gasteiger partial charge in [-0.3, -0.25) is 4.79 Å². The van der Waals surface area contributed by atoms with Crippen LogP contribution in [0.2, 0.25) is 0 Å². The molecule has 0 amide bonds. The number of nitrogens with zero attached hydrogens (tertiary/aromatic N) is 3. The fourth-order valence-corrected chi connectivity index (χ4v) is 3.01. The van der Waals surface area contributed by atoms with E-state index in [0.717, 1.165) is 25.7 Å². The van der Waals surface area contributed by atoms with Crippen LogP contribution in [0.25, 0.3) is 10.4 Å².